The van der Waals surface area contributed by atoms with Gasteiger partial charge in [-0.1, -0.05) is 18.2 Å². The predicted molar refractivity (Wildman–Crippen MR) is 95.2 cm³/mol. The topological polar surface area (TPSA) is 32.3 Å². The molecular formula is C20H18F6N2O. The SMILES string of the molecule is O=C(Nc1cccc(C(F)(F)F)c1)N1CCCCC1c1cccc(C(F)(F)F)c1. The summed E-state index contributed by atoms with van der Waals surface area (Å²) in [7, 11) is 0. The molecule has 156 valence electrons. The van der Waals surface area contributed by atoms with Crippen LogP contribution in [-0.4, -0.2) is 17.5 Å². The summed E-state index contributed by atoms with van der Waals surface area (Å²) < 4.78 is 77.7. The summed E-state index contributed by atoms with van der Waals surface area (Å²) in [6.07, 6.45) is -7.20. The molecule has 0 bridgehead atoms. The number of halogens is 6. The summed E-state index contributed by atoms with van der Waals surface area (Å²) in [5.74, 6) is 0. The van der Waals surface area contributed by atoms with Gasteiger partial charge in [-0.25, -0.2) is 4.79 Å². The highest BCUT2D eigenvalue weighted by atomic mass is 19.4. The van der Waals surface area contributed by atoms with Gasteiger partial charge in [0.15, 0.2) is 0 Å². The molecule has 1 unspecified atom stereocenters. The van der Waals surface area contributed by atoms with E-state index in [0.29, 0.717) is 24.9 Å². The number of hydrogen-bond acceptors (Lipinski definition) is 1. The third kappa shape index (κ3) is 5.02. The van der Waals surface area contributed by atoms with E-state index in [1.165, 1.54) is 29.2 Å². The van der Waals surface area contributed by atoms with Gasteiger partial charge in [-0.3, -0.25) is 0 Å². The minimum absolute atomic E-state index is 0.0295. The standard InChI is InChI=1S/C20H18F6N2O/c21-19(22,23)14-6-3-5-13(11-14)17-9-1-2-10-28(17)18(29)27-16-8-4-7-15(12-16)20(24,25)26/h3-8,11-12,17H,1-2,9-10H2,(H,27,29). The fourth-order valence-electron chi connectivity index (χ4n) is 3.41. The van der Waals surface area contributed by atoms with Crippen LogP contribution in [-0.2, 0) is 12.4 Å². The lowest BCUT2D eigenvalue weighted by Crippen LogP contribution is -2.41. The molecule has 0 radical (unpaired) electrons. The first-order valence-electron chi connectivity index (χ1n) is 8.98. The Morgan fingerprint density at radius 3 is 2.17 bits per heavy atom. The Morgan fingerprint density at radius 2 is 1.52 bits per heavy atom. The summed E-state index contributed by atoms with van der Waals surface area (Å²) in [6, 6.07) is 7.77. The van der Waals surface area contributed by atoms with Crippen molar-refractivity contribution in [1.82, 2.24) is 4.90 Å². The molecule has 1 aliphatic heterocycles. The van der Waals surface area contributed by atoms with Crippen LogP contribution >= 0.6 is 0 Å². The zero-order valence-corrected chi connectivity index (χ0v) is 15.1. The number of amides is 2. The molecule has 1 saturated heterocycles. The zero-order chi connectivity index (χ0) is 21.2. The van der Waals surface area contributed by atoms with Gasteiger partial charge in [0, 0.05) is 12.2 Å². The van der Waals surface area contributed by atoms with Crippen molar-refractivity contribution in [2.24, 2.45) is 0 Å². The molecule has 2 aromatic carbocycles. The lowest BCUT2D eigenvalue weighted by Gasteiger charge is -2.36. The molecule has 1 aliphatic rings. The maximum atomic E-state index is 13.0. The van der Waals surface area contributed by atoms with E-state index in [1.807, 2.05) is 0 Å². The number of nitrogens with one attached hydrogen (secondary N) is 1. The van der Waals surface area contributed by atoms with Gasteiger partial charge in [-0.2, -0.15) is 26.3 Å². The highest BCUT2D eigenvalue weighted by Gasteiger charge is 2.34. The fourth-order valence-corrected chi connectivity index (χ4v) is 3.41. The second kappa shape index (κ2) is 7.96. The average Bonchev–Trinajstić information content (AvgIpc) is 2.67. The molecule has 0 spiro atoms. The van der Waals surface area contributed by atoms with Gasteiger partial charge >= 0.3 is 18.4 Å². The van der Waals surface area contributed by atoms with Crippen molar-refractivity contribution in [3.8, 4) is 0 Å². The molecule has 1 heterocycles. The van der Waals surface area contributed by atoms with Crippen LogP contribution < -0.4 is 5.32 Å². The van der Waals surface area contributed by atoms with Crippen LogP contribution in [0.4, 0.5) is 36.8 Å². The molecular weight excluding hydrogens is 398 g/mol. The van der Waals surface area contributed by atoms with E-state index in [0.717, 1.165) is 30.7 Å². The third-order valence-electron chi connectivity index (χ3n) is 4.80. The van der Waals surface area contributed by atoms with Crippen LogP contribution in [0.15, 0.2) is 48.5 Å². The van der Waals surface area contributed by atoms with Gasteiger partial charge in [-0.05, 0) is 55.2 Å². The molecule has 1 N–H and O–H groups in total. The van der Waals surface area contributed by atoms with E-state index >= 15 is 0 Å². The average molecular weight is 416 g/mol. The molecule has 2 amide bonds. The Bertz CT molecular complexity index is 878. The van der Waals surface area contributed by atoms with Crippen molar-refractivity contribution < 1.29 is 31.1 Å². The molecule has 29 heavy (non-hydrogen) atoms. The number of urea groups is 1. The number of hydrogen-bond donors (Lipinski definition) is 1. The first kappa shape index (κ1) is 21.0. The van der Waals surface area contributed by atoms with E-state index < -0.39 is 35.6 Å². The molecule has 0 saturated carbocycles. The molecule has 0 aromatic heterocycles. The molecule has 3 rings (SSSR count). The Morgan fingerprint density at radius 1 is 0.897 bits per heavy atom. The number of benzene rings is 2. The number of piperidine rings is 1. The number of carbonyl (C=O) groups excluding carboxylic acids is 1. The van der Waals surface area contributed by atoms with Crippen molar-refractivity contribution in [3.63, 3.8) is 0 Å². The zero-order valence-electron chi connectivity index (χ0n) is 15.1. The summed E-state index contributed by atoms with van der Waals surface area (Å²) in [4.78, 5) is 14.1. The Balaban J connectivity index is 1.82. The van der Waals surface area contributed by atoms with Crippen LogP contribution in [0.3, 0.4) is 0 Å². The lowest BCUT2D eigenvalue weighted by molar-refractivity contribution is -0.138. The lowest BCUT2D eigenvalue weighted by atomic mass is 9.94. The Labute approximate surface area is 163 Å². The number of anilines is 1. The molecule has 1 fully saturated rings. The Hall–Kier alpha value is -2.71. The highest BCUT2D eigenvalue weighted by Crippen LogP contribution is 2.36. The highest BCUT2D eigenvalue weighted by molar-refractivity contribution is 5.89. The number of nitrogens with zero attached hydrogens (tertiary/aromatic N) is 1. The minimum atomic E-state index is -4.55. The summed E-state index contributed by atoms with van der Waals surface area (Å²) in [5, 5.41) is 2.43. The third-order valence-corrected chi connectivity index (χ3v) is 4.80. The van der Waals surface area contributed by atoms with Crippen molar-refractivity contribution in [2.75, 3.05) is 11.9 Å². The van der Waals surface area contributed by atoms with Crippen LogP contribution in [0.25, 0.3) is 0 Å². The van der Waals surface area contributed by atoms with Crippen molar-refractivity contribution in [2.45, 2.75) is 37.7 Å². The summed E-state index contributed by atoms with van der Waals surface area (Å²) in [6.45, 7) is 0.297. The first-order chi connectivity index (χ1) is 13.6. The fraction of sp³-hybridized carbons (Fsp3) is 0.350. The van der Waals surface area contributed by atoms with Gasteiger partial charge < -0.3 is 10.2 Å². The molecule has 9 heteroatoms. The second-order valence-corrected chi connectivity index (χ2v) is 6.84. The van der Waals surface area contributed by atoms with Gasteiger partial charge in [0.1, 0.15) is 0 Å². The van der Waals surface area contributed by atoms with E-state index in [2.05, 4.69) is 5.32 Å². The number of likely N-dealkylation sites (tertiary alicyclic amines) is 1. The van der Waals surface area contributed by atoms with E-state index in [9.17, 15) is 31.1 Å². The monoisotopic (exact) mass is 416 g/mol. The summed E-state index contributed by atoms with van der Waals surface area (Å²) in [5.41, 5.74) is -1.39. The first-order valence-corrected chi connectivity index (χ1v) is 8.98. The molecule has 2 aromatic rings. The molecule has 1 atom stereocenters. The van der Waals surface area contributed by atoms with Gasteiger partial charge in [-0.15, -0.1) is 0 Å². The summed E-state index contributed by atoms with van der Waals surface area (Å²) >= 11 is 0. The van der Waals surface area contributed by atoms with Crippen LogP contribution in [0, 0.1) is 0 Å². The minimum Gasteiger partial charge on any atom is -0.317 e. The van der Waals surface area contributed by atoms with Gasteiger partial charge in [0.2, 0.25) is 0 Å². The smallest absolute Gasteiger partial charge is 0.317 e. The Kier molecular flexibility index (Phi) is 5.77. The van der Waals surface area contributed by atoms with Gasteiger partial charge in [0.05, 0.1) is 17.2 Å². The maximum absolute atomic E-state index is 13.0. The number of carbonyl (C=O) groups is 1. The van der Waals surface area contributed by atoms with E-state index in [4.69, 9.17) is 0 Å². The second-order valence-electron chi connectivity index (χ2n) is 6.84. The quantitative estimate of drug-likeness (QED) is 0.558. The molecule has 3 nitrogen and oxygen atoms in total. The van der Waals surface area contributed by atoms with E-state index in [-0.39, 0.29) is 5.69 Å². The predicted octanol–water partition coefficient (Wildman–Crippen LogP) is 6.48. The van der Waals surface area contributed by atoms with Gasteiger partial charge in [0.25, 0.3) is 0 Å². The van der Waals surface area contributed by atoms with Crippen LogP contribution in [0.2, 0.25) is 0 Å². The van der Waals surface area contributed by atoms with Crippen LogP contribution in [0.1, 0.15) is 42.0 Å². The number of alkyl halides is 6. The maximum Gasteiger partial charge on any atom is 0.416 e. The molecule has 0 aliphatic carbocycles. The number of rotatable bonds is 2. The van der Waals surface area contributed by atoms with Crippen molar-refractivity contribution in [3.05, 3.63) is 65.2 Å². The van der Waals surface area contributed by atoms with Crippen molar-refractivity contribution in [1.29, 1.82) is 0 Å². The van der Waals surface area contributed by atoms with Crippen LogP contribution in [0.5, 0.6) is 0 Å². The normalized spacial score (nSPS) is 17.9. The van der Waals surface area contributed by atoms with E-state index in [1.54, 1.807) is 0 Å². The van der Waals surface area contributed by atoms with Crippen molar-refractivity contribution >= 4 is 11.7 Å². The largest absolute Gasteiger partial charge is 0.416 e.